The summed E-state index contributed by atoms with van der Waals surface area (Å²) >= 11 is 3.44. The first-order valence-electron chi connectivity index (χ1n) is 7.73. The second-order valence-corrected chi connectivity index (χ2v) is 6.60. The Kier molecular flexibility index (Phi) is 4.88. The van der Waals surface area contributed by atoms with Gasteiger partial charge in [0.15, 0.2) is 5.75 Å². The van der Waals surface area contributed by atoms with Crippen LogP contribution in [-0.4, -0.2) is 5.11 Å². The molecule has 0 unspecified atom stereocenters. The average Bonchev–Trinajstić information content (AvgIpc) is 2.58. The standard InChI is InChI=1S/C18H19BrN2O/c19-16-11-14(13-7-3-1-4-8-13)12-17(18(16)22)21-20-15-9-5-2-6-10-15/h2,5-6,9-13,22H,1,3-4,7-8H2. The minimum atomic E-state index is 0.152. The molecule has 0 saturated heterocycles. The normalized spacial score (nSPS) is 16.2. The first-order valence-corrected chi connectivity index (χ1v) is 8.52. The summed E-state index contributed by atoms with van der Waals surface area (Å²) in [5.74, 6) is 0.718. The van der Waals surface area contributed by atoms with E-state index in [1.807, 2.05) is 42.5 Å². The van der Waals surface area contributed by atoms with E-state index >= 15 is 0 Å². The second-order valence-electron chi connectivity index (χ2n) is 5.74. The molecular weight excluding hydrogens is 340 g/mol. The SMILES string of the molecule is Oc1c(Br)cc(C2CCCCC2)cc1N=Nc1ccccc1. The molecule has 114 valence electrons. The summed E-state index contributed by atoms with van der Waals surface area (Å²) in [6, 6.07) is 13.6. The predicted molar refractivity (Wildman–Crippen MR) is 92.3 cm³/mol. The van der Waals surface area contributed by atoms with Crippen molar-refractivity contribution >= 4 is 27.3 Å². The van der Waals surface area contributed by atoms with Gasteiger partial charge in [-0.2, -0.15) is 5.11 Å². The van der Waals surface area contributed by atoms with Gasteiger partial charge in [-0.25, -0.2) is 0 Å². The maximum Gasteiger partial charge on any atom is 0.157 e. The number of hydrogen-bond acceptors (Lipinski definition) is 3. The largest absolute Gasteiger partial charge is 0.505 e. The van der Waals surface area contributed by atoms with E-state index in [0.29, 0.717) is 16.1 Å². The monoisotopic (exact) mass is 358 g/mol. The van der Waals surface area contributed by atoms with E-state index in [2.05, 4.69) is 26.2 Å². The van der Waals surface area contributed by atoms with E-state index in [0.717, 1.165) is 5.69 Å². The molecule has 1 aliphatic rings. The summed E-state index contributed by atoms with van der Waals surface area (Å²) in [5, 5.41) is 18.6. The molecule has 22 heavy (non-hydrogen) atoms. The molecule has 0 aromatic heterocycles. The van der Waals surface area contributed by atoms with E-state index < -0.39 is 0 Å². The lowest BCUT2D eigenvalue weighted by molar-refractivity contribution is 0.441. The van der Waals surface area contributed by atoms with Crippen molar-refractivity contribution in [3.63, 3.8) is 0 Å². The zero-order chi connectivity index (χ0) is 15.4. The van der Waals surface area contributed by atoms with Crippen molar-refractivity contribution in [2.75, 3.05) is 0 Å². The highest BCUT2D eigenvalue weighted by molar-refractivity contribution is 9.10. The van der Waals surface area contributed by atoms with Crippen molar-refractivity contribution in [3.8, 4) is 5.75 Å². The molecule has 0 atom stereocenters. The Morgan fingerprint density at radius 2 is 1.68 bits per heavy atom. The molecule has 1 N–H and O–H groups in total. The minimum absolute atomic E-state index is 0.152. The molecule has 0 bridgehead atoms. The van der Waals surface area contributed by atoms with E-state index in [9.17, 15) is 5.11 Å². The van der Waals surface area contributed by atoms with Gasteiger partial charge < -0.3 is 5.11 Å². The van der Waals surface area contributed by atoms with Gasteiger partial charge >= 0.3 is 0 Å². The fraction of sp³-hybridized carbons (Fsp3) is 0.333. The zero-order valence-electron chi connectivity index (χ0n) is 12.4. The van der Waals surface area contributed by atoms with Crippen LogP contribution in [0.5, 0.6) is 5.75 Å². The highest BCUT2D eigenvalue weighted by Gasteiger charge is 2.18. The number of hydrogen-bond donors (Lipinski definition) is 1. The van der Waals surface area contributed by atoms with Gasteiger partial charge in [-0.3, -0.25) is 0 Å². The summed E-state index contributed by atoms with van der Waals surface area (Å²) in [7, 11) is 0. The molecule has 1 aliphatic carbocycles. The number of nitrogens with zero attached hydrogens (tertiary/aromatic N) is 2. The highest BCUT2D eigenvalue weighted by atomic mass is 79.9. The summed E-state index contributed by atoms with van der Waals surface area (Å²) in [6.07, 6.45) is 6.32. The molecule has 4 heteroatoms. The van der Waals surface area contributed by atoms with Crippen molar-refractivity contribution < 1.29 is 5.11 Å². The quantitative estimate of drug-likeness (QED) is 0.615. The van der Waals surface area contributed by atoms with E-state index in [4.69, 9.17) is 0 Å². The lowest BCUT2D eigenvalue weighted by Crippen LogP contribution is -2.04. The van der Waals surface area contributed by atoms with Crippen LogP contribution in [0, 0.1) is 0 Å². The molecule has 0 radical (unpaired) electrons. The van der Waals surface area contributed by atoms with Crippen LogP contribution in [0.15, 0.2) is 57.2 Å². The lowest BCUT2D eigenvalue weighted by Gasteiger charge is -2.22. The van der Waals surface area contributed by atoms with E-state index in [-0.39, 0.29) is 5.75 Å². The fourth-order valence-electron chi connectivity index (χ4n) is 2.96. The molecule has 0 aliphatic heterocycles. The third kappa shape index (κ3) is 3.55. The number of phenolic OH excluding ortho intramolecular Hbond substituents is 1. The molecule has 3 rings (SSSR count). The Labute approximate surface area is 139 Å². The average molecular weight is 359 g/mol. The van der Waals surface area contributed by atoms with Gasteiger partial charge in [0.05, 0.1) is 10.2 Å². The highest BCUT2D eigenvalue weighted by Crippen LogP contribution is 2.41. The number of rotatable bonds is 3. The lowest BCUT2D eigenvalue weighted by atomic mass is 9.84. The van der Waals surface area contributed by atoms with Crippen LogP contribution >= 0.6 is 15.9 Å². The van der Waals surface area contributed by atoms with Gasteiger partial charge in [-0.05, 0) is 64.5 Å². The van der Waals surface area contributed by atoms with Crippen LogP contribution in [0.1, 0.15) is 43.6 Å². The van der Waals surface area contributed by atoms with Crippen molar-refractivity contribution in [2.45, 2.75) is 38.0 Å². The topological polar surface area (TPSA) is 45.0 Å². The van der Waals surface area contributed by atoms with Gasteiger partial charge in [0.25, 0.3) is 0 Å². The first kappa shape index (κ1) is 15.2. The van der Waals surface area contributed by atoms with E-state index in [1.54, 1.807) is 0 Å². The van der Waals surface area contributed by atoms with Gasteiger partial charge in [-0.1, -0.05) is 37.5 Å². The molecule has 1 saturated carbocycles. The van der Waals surface area contributed by atoms with Gasteiger partial charge in [0.1, 0.15) is 5.69 Å². The molecule has 0 amide bonds. The van der Waals surface area contributed by atoms with Crippen LogP contribution in [0.2, 0.25) is 0 Å². The number of aromatic hydroxyl groups is 1. The third-order valence-electron chi connectivity index (χ3n) is 4.17. The Hall–Kier alpha value is -1.68. The summed E-state index contributed by atoms with van der Waals surface area (Å²) in [6.45, 7) is 0. The fourth-order valence-corrected chi connectivity index (χ4v) is 3.43. The minimum Gasteiger partial charge on any atom is -0.505 e. The summed E-state index contributed by atoms with van der Waals surface area (Å²) in [4.78, 5) is 0. The number of phenols is 1. The molecular formula is C18H19BrN2O. The number of azo groups is 1. The maximum atomic E-state index is 10.2. The first-order chi connectivity index (χ1) is 10.7. The van der Waals surface area contributed by atoms with Gasteiger partial charge in [0.2, 0.25) is 0 Å². The molecule has 2 aromatic rings. The van der Waals surface area contributed by atoms with Crippen molar-refractivity contribution in [1.82, 2.24) is 0 Å². The van der Waals surface area contributed by atoms with Crippen molar-refractivity contribution in [3.05, 3.63) is 52.5 Å². The Balaban J connectivity index is 1.89. The van der Waals surface area contributed by atoms with Crippen LogP contribution < -0.4 is 0 Å². The molecule has 1 fully saturated rings. The summed E-state index contributed by atoms with van der Waals surface area (Å²) in [5.41, 5.74) is 2.55. The molecule has 0 spiro atoms. The third-order valence-corrected chi connectivity index (χ3v) is 4.78. The van der Waals surface area contributed by atoms with Crippen LogP contribution in [-0.2, 0) is 0 Å². The van der Waals surface area contributed by atoms with Crippen molar-refractivity contribution in [2.24, 2.45) is 10.2 Å². The maximum absolute atomic E-state index is 10.2. The van der Waals surface area contributed by atoms with Crippen LogP contribution in [0.4, 0.5) is 11.4 Å². The number of halogens is 1. The van der Waals surface area contributed by atoms with E-state index in [1.165, 1.54) is 37.7 Å². The molecule has 0 heterocycles. The van der Waals surface area contributed by atoms with Crippen molar-refractivity contribution in [1.29, 1.82) is 0 Å². The second kappa shape index (κ2) is 7.05. The van der Waals surface area contributed by atoms with Gasteiger partial charge in [0, 0.05) is 0 Å². The Morgan fingerprint density at radius 3 is 2.41 bits per heavy atom. The zero-order valence-corrected chi connectivity index (χ0v) is 14.0. The smallest absolute Gasteiger partial charge is 0.157 e. The Bertz CT molecular complexity index is 664. The predicted octanol–water partition coefficient (Wildman–Crippen LogP) is 6.62. The Morgan fingerprint density at radius 1 is 0.955 bits per heavy atom. The number of benzene rings is 2. The molecule has 3 nitrogen and oxygen atoms in total. The summed E-state index contributed by atoms with van der Waals surface area (Å²) < 4.78 is 0.692. The van der Waals surface area contributed by atoms with Crippen LogP contribution in [0.3, 0.4) is 0 Å². The van der Waals surface area contributed by atoms with Crippen LogP contribution in [0.25, 0.3) is 0 Å². The molecule has 2 aromatic carbocycles. The van der Waals surface area contributed by atoms with Gasteiger partial charge in [-0.15, -0.1) is 5.11 Å².